The Kier molecular flexibility index (Phi) is 18.1. The zero-order valence-electron chi connectivity index (χ0n) is 41.6. The van der Waals surface area contributed by atoms with Gasteiger partial charge in [-0.05, 0) is 129 Å². The second kappa shape index (κ2) is 25.6. The van der Waals surface area contributed by atoms with E-state index in [1.807, 2.05) is 11.5 Å². The lowest BCUT2D eigenvalue weighted by molar-refractivity contribution is -0.122. The first-order chi connectivity index (χ1) is 37.3. The molecule has 2 fully saturated rings. The summed E-state index contributed by atoms with van der Waals surface area (Å²) >= 11 is 0. The van der Waals surface area contributed by atoms with Gasteiger partial charge < -0.3 is 19.9 Å². The molecule has 0 bridgehead atoms. The molecule has 2 amide bonds. The van der Waals surface area contributed by atoms with Crippen LogP contribution in [-0.2, 0) is 28.1 Å². The van der Waals surface area contributed by atoms with Crippen molar-refractivity contribution in [2.45, 2.75) is 50.6 Å². The molecule has 6 heterocycles. The highest BCUT2D eigenvalue weighted by Crippen LogP contribution is 2.42. The zero-order valence-corrected chi connectivity index (χ0v) is 41.6. The number of nitrogens with one attached hydrogen (secondary N) is 5. The van der Waals surface area contributed by atoms with Gasteiger partial charge in [-0.2, -0.15) is 10.2 Å². The van der Waals surface area contributed by atoms with Crippen LogP contribution in [-0.4, -0.2) is 89.2 Å². The number of H-pyrrole nitrogens is 2. The fourth-order valence-electron chi connectivity index (χ4n) is 7.78. The van der Waals surface area contributed by atoms with Crippen LogP contribution >= 0.6 is 0 Å². The lowest BCUT2D eigenvalue weighted by Gasteiger charge is -2.25. The number of pyridine rings is 1. The number of aromatic nitrogens is 9. The molecule has 11 rings (SSSR count). The quantitative estimate of drug-likeness (QED) is 0.0253. The van der Waals surface area contributed by atoms with Crippen LogP contribution in [0.25, 0.3) is 69.0 Å². The number of benzene rings is 4. The van der Waals surface area contributed by atoms with E-state index in [0.29, 0.717) is 58.2 Å². The van der Waals surface area contributed by atoms with Crippen molar-refractivity contribution in [3.05, 3.63) is 160 Å². The monoisotopic (exact) mass is 1050 g/mol. The first-order valence-electron chi connectivity index (χ1n) is 24.2. The van der Waals surface area contributed by atoms with Gasteiger partial charge in [0.2, 0.25) is 35.4 Å². The lowest BCUT2D eigenvalue weighted by atomic mass is 10.1. The average Bonchev–Trinajstić information content (AvgIpc) is 4.01. The zero-order chi connectivity index (χ0) is 54.3. The van der Waals surface area contributed by atoms with Gasteiger partial charge >= 0.3 is 0 Å². The number of amides is 2. The minimum atomic E-state index is -0.549. The maximum Gasteiger partial charge on any atom is 0.248 e. The Morgan fingerprint density at radius 2 is 1.25 bits per heavy atom. The Hall–Kier alpha value is -8.81. The van der Waals surface area contributed by atoms with Gasteiger partial charge in [0.1, 0.15) is 22.7 Å². The number of piperidine rings is 1. The molecule has 0 unspecified atom stereocenters. The summed E-state index contributed by atoms with van der Waals surface area (Å²) in [5.74, 6) is 9.18. The highest BCUT2D eigenvalue weighted by molar-refractivity contribution is 5.93. The van der Waals surface area contributed by atoms with Crippen LogP contribution in [0, 0.1) is 23.3 Å². The van der Waals surface area contributed by atoms with E-state index in [-0.39, 0.29) is 52.7 Å². The van der Waals surface area contributed by atoms with Gasteiger partial charge in [0.05, 0.1) is 36.4 Å². The van der Waals surface area contributed by atoms with E-state index in [9.17, 15) is 27.2 Å². The van der Waals surface area contributed by atoms with Gasteiger partial charge in [0.25, 0.3) is 0 Å². The second-order valence-electron chi connectivity index (χ2n) is 17.9. The molecule has 0 atom stereocenters. The minimum Gasteiger partial charge on any atom is -0.419 e. The Morgan fingerprint density at radius 3 is 1.75 bits per heavy atom. The molecule has 20 nitrogen and oxygen atoms in total. The van der Waals surface area contributed by atoms with Gasteiger partial charge in [-0.15, -0.1) is 20.4 Å². The Balaban J connectivity index is 0.000000148. The fourth-order valence-corrected chi connectivity index (χ4v) is 7.78. The third-order valence-corrected chi connectivity index (χ3v) is 12.1. The van der Waals surface area contributed by atoms with Crippen molar-refractivity contribution in [1.82, 2.24) is 66.8 Å². The number of carbonyl (C=O) groups excluding carboxylic acids is 2. The smallest absolute Gasteiger partial charge is 0.248 e. The maximum absolute atomic E-state index is 14.5. The standard InChI is InChI=1S/C20H15F2N5O.C19H15F2N5O.C7H9N3O.C7H15N3O/c21-13-4-1-11(2-5-13)3-6-16-14-9-12(10-15(22)17(14)25-24-16)18-26-27-19(28-18)20(23)7-8-20;1-22-10-17-24-26-19(27-17)12-8-14-16(23-25-18(14)15(21)9-12)7-4-11-2-5-13(20)6-3-11;8-10-7(11)4-6-2-1-3-9-5-6;8-9-7(11)6-10-4-2-1-3-5-10/h1-6,9-10H,7-8,23H2,(H,24,25);2-9,22H,10H2,1H3,(H,23,25);1-3,5H,4,8H2,(H,10,11);1-6,8H2,(H,9,11)/b6-3+;7-4+;;. The summed E-state index contributed by atoms with van der Waals surface area (Å²) in [6, 6.07) is 21.8. The predicted octanol–water partition coefficient (Wildman–Crippen LogP) is 6.87. The molecule has 1 saturated carbocycles. The number of hydrogen-bond donors (Lipinski definition) is 8. The normalized spacial score (nSPS) is 13.9. The molecule has 4 aromatic carbocycles. The fraction of sp³-hybridized carbons (Fsp3) is 0.226. The van der Waals surface area contributed by atoms with Crippen LogP contribution < -0.4 is 33.6 Å². The van der Waals surface area contributed by atoms with E-state index >= 15 is 0 Å². The number of nitrogens with two attached hydrogens (primary N) is 3. The van der Waals surface area contributed by atoms with E-state index in [1.54, 1.807) is 86.2 Å². The molecular formula is C53H54F4N16O4. The Bertz CT molecular complexity index is 3460. The molecule has 5 aromatic heterocycles. The molecular weight excluding hydrogens is 1000 g/mol. The largest absolute Gasteiger partial charge is 0.419 e. The van der Waals surface area contributed by atoms with Crippen LogP contribution in [0.4, 0.5) is 17.6 Å². The van der Waals surface area contributed by atoms with E-state index in [4.69, 9.17) is 26.3 Å². The summed E-state index contributed by atoms with van der Waals surface area (Å²) in [6.45, 7) is 2.95. The van der Waals surface area contributed by atoms with Crippen molar-refractivity contribution in [3.8, 4) is 22.9 Å². The molecule has 77 heavy (non-hydrogen) atoms. The molecule has 0 radical (unpaired) electrons. The highest BCUT2D eigenvalue weighted by Gasteiger charge is 2.45. The van der Waals surface area contributed by atoms with Crippen molar-refractivity contribution < 1.29 is 36.0 Å². The van der Waals surface area contributed by atoms with Crippen LogP contribution in [0.5, 0.6) is 0 Å². The number of nitrogens with zero attached hydrogens (tertiary/aromatic N) is 8. The van der Waals surface area contributed by atoms with Crippen molar-refractivity contribution in [3.63, 3.8) is 0 Å². The summed E-state index contributed by atoms with van der Waals surface area (Å²) in [7, 11) is 1.76. The van der Waals surface area contributed by atoms with E-state index < -0.39 is 17.2 Å². The SMILES string of the molecule is CNCc1nnc(-c2cc(F)c3n[nH]c(/C=C/c4ccc(F)cc4)c3c2)o1.NC1(c2nnc(-c3cc(F)c4n[nH]c(/C=C/c5ccc(F)cc5)c4c3)o2)CC1.NNC(=O)CN1CCCCC1.NNC(=O)Cc1cccnc1. The van der Waals surface area contributed by atoms with Gasteiger partial charge in [-0.1, -0.05) is 48.9 Å². The van der Waals surface area contributed by atoms with E-state index in [2.05, 4.69) is 61.4 Å². The summed E-state index contributed by atoms with van der Waals surface area (Å²) in [5, 5.41) is 33.6. The average molecular weight is 1060 g/mol. The number of fused-ring (bicyclic) bond motifs is 2. The summed E-state index contributed by atoms with van der Waals surface area (Å²) in [6.07, 6.45) is 15.9. The van der Waals surface area contributed by atoms with Gasteiger partial charge in [0, 0.05) is 34.3 Å². The van der Waals surface area contributed by atoms with Gasteiger partial charge in [-0.3, -0.25) is 40.5 Å². The van der Waals surface area contributed by atoms with Gasteiger partial charge in [0.15, 0.2) is 11.6 Å². The molecule has 1 aliphatic heterocycles. The minimum absolute atomic E-state index is 0.0908. The second-order valence-corrected chi connectivity index (χ2v) is 17.9. The molecule has 1 aliphatic carbocycles. The first-order valence-corrected chi connectivity index (χ1v) is 24.2. The van der Waals surface area contributed by atoms with Crippen molar-refractivity contribution in [2.75, 3.05) is 26.7 Å². The van der Waals surface area contributed by atoms with Crippen molar-refractivity contribution in [2.24, 2.45) is 17.4 Å². The first kappa shape index (κ1) is 54.5. The number of aromatic amines is 2. The Labute approximate surface area is 437 Å². The van der Waals surface area contributed by atoms with E-state index in [1.165, 1.54) is 55.7 Å². The maximum atomic E-state index is 14.5. The highest BCUT2D eigenvalue weighted by atomic mass is 19.1. The van der Waals surface area contributed by atoms with Crippen LogP contribution in [0.15, 0.2) is 106 Å². The van der Waals surface area contributed by atoms with Crippen LogP contribution in [0.1, 0.15) is 72.0 Å². The Morgan fingerprint density at radius 1 is 0.701 bits per heavy atom. The van der Waals surface area contributed by atoms with Gasteiger partial charge in [-0.25, -0.2) is 29.2 Å². The third kappa shape index (κ3) is 14.7. The van der Waals surface area contributed by atoms with E-state index in [0.717, 1.165) is 42.6 Å². The molecule has 2 aliphatic rings. The van der Waals surface area contributed by atoms with Crippen LogP contribution in [0.2, 0.25) is 0 Å². The number of halogens is 4. The number of likely N-dealkylation sites (tertiary alicyclic amines) is 1. The van der Waals surface area contributed by atoms with Crippen molar-refractivity contribution >= 4 is 57.9 Å². The number of carbonyl (C=O) groups is 2. The lowest BCUT2D eigenvalue weighted by Crippen LogP contribution is -2.42. The molecule has 9 aromatic rings. The van der Waals surface area contributed by atoms with Crippen molar-refractivity contribution in [1.29, 1.82) is 0 Å². The molecule has 24 heteroatoms. The molecule has 398 valence electrons. The third-order valence-electron chi connectivity index (χ3n) is 12.1. The number of hydrazine groups is 2. The molecule has 0 spiro atoms. The summed E-state index contributed by atoms with van der Waals surface area (Å²) in [4.78, 5) is 27.5. The molecule has 1 saturated heterocycles. The number of hydrogen-bond acceptors (Lipinski definition) is 16. The topological polar surface area (TPSA) is 300 Å². The summed E-state index contributed by atoms with van der Waals surface area (Å²) in [5.41, 5.74) is 14.7. The molecule has 11 N–H and O–H groups in total. The predicted molar refractivity (Wildman–Crippen MR) is 280 cm³/mol. The van der Waals surface area contributed by atoms with Crippen LogP contribution in [0.3, 0.4) is 0 Å². The number of rotatable bonds is 13. The summed E-state index contributed by atoms with van der Waals surface area (Å²) < 4.78 is 66.2.